The minimum absolute atomic E-state index is 0.310. The van der Waals surface area contributed by atoms with Gasteiger partial charge in [-0.1, -0.05) is 6.07 Å². The van der Waals surface area contributed by atoms with E-state index in [1.54, 1.807) is 11.1 Å². The molecule has 2 aliphatic heterocycles. The molecule has 1 aliphatic carbocycles. The van der Waals surface area contributed by atoms with Crippen molar-refractivity contribution in [1.82, 2.24) is 19.6 Å². The Morgan fingerprint density at radius 1 is 1.14 bits per heavy atom. The minimum Gasteiger partial charge on any atom is -0.330 e. The summed E-state index contributed by atoms with van der Waals surface area (Å²) in [5, 5.41) is 4.32. The predicted octanol–water partition coefficient (Wildman–Crippen LogP) is 0.510. The van der Waals surface area contributed by atoms with Gasteiger partial charge in [0.15, 0.2) is 0 Å². The quantitative estimate of drug-likeness (QED) is 0.841. The molecule has 2 fully saturated rings. The fraction of sp³-hybridized carbons (Fsp3) is 0.545. The molecule has 1 N–H and O–H groups in total. The SMILES string of the molecule is O=C(CN1CCc2cc(-n3cccn3)ccc2C1)N1CC[NH+](C2CCC2)CC1. The van der Waals surface area contributed by atoms with Gasteiger partial charge in [0.25, 0.3) is 0 Å². The van der Waals surface area contributed by atoms with E-state index >= 15 is 0 Å². The van der Waals surface area contributed by atoms with Crippen LogP contribution in [0.3, 0.4) is 0 Å². The Morgan fingerprint density at radius 3 is 2.71 bits per heavy atom. The highest BCUT2D eigenvalue weighted by Gasteiger charge is 2.33. The number of amides is 1. The number of nitrogens with one attached hydrogen (secondary N) is 1. The van der Waals surface area contributed by atoms with Gasteiger partial charge in [-0.15, -0.1) is 0 Å². The van der Waals surface area contributed by atoms with Crippen molar-refractivity contribution in [1.29, 1.82) is 0 Å². The maximum Gasteiger partial charge on any atom is 0.237 e. The number of nitrogens with zero attached hydrogens (tertiary/aromatic N) is 4. The number of piperazine rings is 1. The number of carbonyl (C=O) groups excluding carboxylic acids is 1. The molecular formula is C22H30N5O+. The molecule has 1 saturated heterocycles. The van der Waals surface area contributed by atoms with Crippen LogP contribution in [-0.2, 0) is 17.8 Å². The van der Waals surface area contributed by atoms with Crippen LogP contribution in [0.25, 0.3) is 5.69 Å². The van der Waals surface area contributed by atoms with E-state index in [2.05, 4.69) is 33.1 Å². The van der Waals surface area contributed by atoms with Crippen LogP contribution in [0.1, 0.15) is 30.4 Å². The van der Waals surface area contributed by atoms with Crippen LogP contribution >= 0.6 is 0 Å². The zero-order valence-electron chi connectivity index (χ0n) is 16.5. The van der Waals surface area contributed by atoms with Crippen molar-refractivity contribution < 1.29 is 9.69 Å². The summed E-state index contributed by atoms with van der Waals surface area (Å²) in [5.41, 5.74) is 3.84. The van der Waals surface area contributed by atoms with Crippen LogP contribution < -0.4 is 4.90 Å². The molecule has 28 heavy (non-hydrogen) atoms. The largest absolute Gasteiger partial charge is 0.330 e. The molecule has 3 aliphatic rings. The highest BCUT2D eigenvalue weighted by atomic mass is 16.2. The third kappa shape index (κ3) is 3.59. The van der Waals surface area contributed by atoms with E-state index in [-0.39, 0.29) is 0 Å². The molecule has 5 rings (SSSR count). The Morgan fingerprint density at radius 2 is 2.00 bits per heavy atom. The summed E-state index contributed by atoms with van der Waals surface area (Å²) in [6, 6.07) is 9.38. The zero-order valence-corrected chi connectivity index (χ0v) is 16.5. The normalized spacial score (nSPS) is 21.4. The topological polar surface area (TPSA) is 45.8 Å². The molecule has 3 heterocycles. The second kappa shape index (κ2) is 7.68. The maximum absolute atomic E-state index is 12.8. The molecule has 0 atom stereocenters. The van der Waals surface area contributed by atoms with Crippen LogP contribution in [-0.4, -0.2) is 70.8 Å². The lowest BCUT2D eigenvalue weighted by molar-refractivity contribution is -0.934. The first-order valence-corrected chi connectivity index (χ1v) is 10.7. The van der Waals surface area contributed by atoms with E-state index in [0.717, 1.165) is 57.4 Å². The van der Waals surface area contributed by atoms with Gasteiger partial charge in [0.2, 0.25) is 5.91 Å². The number of carbonyl (C=O) groups is 1. The lowest BCUT2D eigenvalue weighted by Gasteiger charge is -2.40. The van der Waals surface area contributed by atoms with E-state index in [1.165, 1.54) is 30.4 Å². The van der Waals surface area contributed by atoms with Gasteiger partial charge >= 0.3 is 0 Å². The molecule has 0 radical (unpaired) electrons. The molecule has 6 nitrogen and oxygen atoms in total. The average molecular weight is 381 g/mol. The monoisotopic (exact) mass is 380 g/mol. The standard InChI is InChI=1S/C22H29N5O/c28-22(26-13-11-25(12-14-26)20-3-1-4-20)17-24-10-7-18-15-21(6-5-19(18)16-24)27-9-2-8-23-27/h2,5-6,8-9,15,20H,1,3-4,7,10-14,16-17H2/p+1. The summed E-state index contributed by atoms with van der Waals surface area (Å²) in [6.07, 6.45) is 8.95. The fourth-order valence-electron chi connectivity index (χ4n) is 4.86. The number of rotatable bonds is 4. The van der Waals surface area contributed by atoms with Crippen molar-refractivity contribution in [3.63, 3.8) is 0 Å². The van der Waals surface area contributed by atoms with Crippen LogP contribution in [0.4, 0.5) is 0 Å². The number of hydrogen-bond donors (Lipinski definition) is 1. The van der Waals surface area contributed by atoms with Gasteiger partial charge in [-0.05, 0) is 55.0 Å². The van der Waals surface area contributed by atoms with Crippen molar-refractivity contribution in [2.24, 2.45) is 0 Å². The van der Waals surface area contributed by atoms with Gasteiger partial charge in [0.05, 0.1) is 44.5 Å². The number of hydrogen-bond acceptors (Lipinski definition) is 3. The van der Waals surface area contributed by atoms with Gasteiger partial charge in [-0.2, -0.15) is 5.10 Å². The minimum atomic E-state index is 0.310. The molecule has 6 heteroatoms. The molecule has 1 amide bonds. The van der Waals surface area contributed by atoms with E-state index in [9.17, 15) is 4.79 Å². The Kier molecular flexibility index (Phi) is 4.91. The highest BCUT2D eigenvalue weighted by molar-refractivity contribution is 5.78. The molecule has 0 bridgehead atoms. The van der Waals surface area contributed by atoms with Gasteiger partial charge in [0, 0.05) is 25.5 Å². The Balaban J connectivity index is 1.16. The van der Waals surface area contributed by atoms with Gasteiger partial charge < -0.3 is 9.80 Å². The van der Waals surface area contributed by atoms with E-state index in [4.69, 9.17) is 0 Å². The Bertz CT molecular complexity index is 821. The van der Waals surface area contributed by atoms with Crippen molar-refractivity contribution in [2.75, 3.05) is 39.3 Å². The van der Waals surface area contributed by atoms with Crippen LogP contribution in [0.2, 0.25) is 0 Å². The third-order valence-electron chi connectivity index (χ3n) is 6.85. The average Bonchev–Trinajstić information content (AvgIpc) is 3.21. The van der Waals surface area contributed by atoms with Crippen LogP contribution in [0, 0.1) is 0 Å². The summed E-state index contributed by atoms with van der Waals surface area (Å²) in [6.45, 7) is 6.51. The fourth-order valence-corrected chi connectivity index (χ4v) is 4.86. The second-order valence-electron chi connectivity index (χ2n) is 8.53. The van der Waals surface area contributed by atoms with E-state index in [1.807, 2.05) is 16.9 Å². The molecular weight excluding hydrogens is 350 g/mol. The number of aromatic nitrogens is 2. The smallest absolute Gasteiger partial charge is 0.237 e. The molecule has 2 aromatic rings. The second-order valence-corrected chi connectivity index (χ2v) is 8.53. The first-order chi connectivity index (χ1) is 13.8. The first-order valence-electron chi connectivity index (χ1n) is 10.7. The van der Waals surface area contributed by atoms with Gasteiger partial charge in [-0.3, -0.25) is 9.69 Å². The third-order valence-corrected chi connectivity index (χ3v) is 6.85. The maximum atomic E-state index is 12.8. The van der Waals surface area contributed by atoms with E-state index in [0.29, 0.717) is 12.5 Å². The lowest BCUT2D eigenvalue weighted by atomic mass is 9.91. The Labute approximate surface area is 166 Å². The van der Waals surface area contributed by atoms with Crippen molar-refractivity contribution in [3.8, 4) is 5.69 Å². The summed E-state index contributed by atoms with van der Waals surface area (Å²) in [4.78, 5) is 18.9. The highest BCUT2D eigenvalue weighted by Crippen LogP contribution is 2.22. The van der Waals surface area contributed by atoms with Gasteiger partial charge in [-0.25, -0.2) is 4.68 Å². The molecule has 1 saturated carbocycles. The zero-order chi connectivity index (χ0) is 18.9. The van der Waals surface area contributed by atoms with E-state index < -0.39 is 0 Å². The first kappa shape index (κ1) is 17.9. The summed E-state index contributed by atoms with van der Waals surface area (Å²) < 4.78 is 1.90. The molecule has 1 aromatic heterocycles. The number of fused-ring (bicyclic) bond motifs is 1. The lowest BCUT2D eigenvalue weighted by Crippen LogP contribution is -3.19. The van der Waals surface area contributed by atoms with Crippen molar-refractivity contribution in [3.05, 3.63) is 47.8 Å². The molecule has 148 valence electrons. The Hall–Kier alpha value is -2.18. The predicted molar refractivity (Wildman–Crippen MR) is 107 cm³/mol. The summed E-state index contributed by atoms with van der Waals surface area (Å²) in [7, 11) is 0. The summed E-state index contributed by atoms with van der Waals surface area (Å²) >= 11 is 0. The summed E-state index contributed by atoms with van der Waals surface area (Å²) in [5.74, 6) is 0.310. The molecule has 0 unspecified atom stereocenters. The van der Waals surface area contributed by atoms with Crippen molar-refractivity contribution in [2.45, 2.75) is 38.3 Å². The number of quaternary nitrogens is 1. The van der Waals surface area contributed by atoms with Crippen LogP contribution in [0.15, 0.2) is 36.7 Å². The van der Waals surface area contributed by atoms with Crippen molar-refractivity contribution >= 4 is 5.91 Å². The molecule has 0 spiro atoms. The van der Waals surface area contributed by atoms with Gasteiger partial charge in [0.1, 0.15) is 0 Å². The molecule has 1 aromatic carbocycles. The van der Waals surface area contributed by atoms with Crippen LogP contribution in [0.5, 0.6) is 0 Å². The number of benzene rings is 1.